The molecule has 1 rings (SSSR count). The maximum atomic E-state index is 11.9. The molecule has 4 nitrogen and oxygen atoms in total. The molecule has 1 amide bonds. The molecule has 0 radical (unpaired) electrons. The van der Waals surface area contributed by atoms with Crippen molar-refractivity contribution < 1.29 is 9.53 Å². The molecule has 0 aromatic carbocycles. The van der Waals surface area contributed by atoms with Crippen LogP contribution in [0.4, 0.5) is 0 Å². The van der Waals surface area contributed by atoms with Crippen molar-refractivity contribution in [2.75, 3.05) is 31.7 Å². The van der Waals surface area contributed by atoms with Crippen molar-refractivity contribution in [3.63, 3.8) is 0 Å². The number of carbonyl (C=O) groups is 1. The van der Waals surface area contributed by atoms with Gasteiger partial charge >= 0.3 is 0 Å². The SMILES string of the molecule is COC(CN)C(=O)N1CCSCC1C. The predicted octanol–water partition coefficient (Wildman–Crippen LogP) is -0.0760. The first-order valence-corrected chi connectivity index (χ1v) is 5.97. The summed E-state index contributed by atoms with van der Waals surface area (Å²) in [7, 11) is 1.53. The molecule has 1 fully saturated rings. The molecule has 0 aliphatic carbocycles. The minimum absolute atomic E-state index is 0.0304. The van der Waals surface area contributed by atoms with Gasteiger partial charge in [-0.15, -0.1) is 0 Å². The number of ether oxygens (including phenoxy) is 1. The summed E-state index contributed by atoms with van der Waals surface area (Å²) in [5.41, 5.74) is 5.46. The summed E-state index contributed by atoms with van der Waals surface area (Å²) in [6.45, 7) is 3.13. The lowest BCUT2D eigenvalue weighted by Gasteiger charge is -2.34. The Hall–Kier alpha value is -0.260. The van der Waals surface area contributed by atoms with Crippen molar-refractivity contribution in [2.24, 2.45) is 5.73 Å². The molecule has 0 bridgehead atoms. The van der Waals surface area contributed by atoms with Gasteiger partial charge < -0.3 is 15.4 Å². The first kappa shape index (κ1) is 11.8. The highest BCUT2D eigenvalue weighted by molar-refractivity contribution is 7.99. The second-order valence-corrected chi connectivity index (χ2v) is 4.57. The summed E-state index contributed by atoms with van der Waals surface area (Å²) < 4.78 is 5.04. The summed E-state index contributed by atoms with van der Waals surface area (Å²) >= 11 is 1.89. The minimum Gasteiger partial charge on any atom is -0.370 e. The molecule has 0 aromatic heterocycles. The van der Waals surface area contributed by atoms with Crippen LogP contribution in [0.2, 0.25) is 0 Å². The van der Waals surface area contributed by atoms with Crippen LogP contribution in [0, 0.1) is 0 Å². The molecule has 1 heterocycles. The summed E-state index contributed by atoms with van der Waals surface area (Å²) in [6.07, 6.45) is -0.472. The highest BCUT2D eigenvalue weighted by atomic mass is 32.2. The van der Waals surface area contributed by atoms with Gasteiger partial charge in [0.25, 0.3) is 5.91 Å². The van der Waals surface area contributed by atoms with Gasteiger partial charge in [-0.1, -0.05) is 0 Å². The normalized spacial score (nSPS) is 24.8. The van der Waals surface area contributed by atoms with E-state index in [0.29, 0.717) is 6.04 Å². The predicted molar refractivity (Wildman–Crippen MR) is 58.4 cm³/mol. The van der Waals surface area contributed by atoms with E-state index >= 15 is 0 Å². The summed E-state index contributed by atoms with van der Waals surface area (Å²) in [5.74, 6) is 2.05. The van der Waals surface area contributed by atoms with Crippen LogP contribution in [0.1, 0.15) is 6.92 Å². The fourth-order valence-electron chi connectivity index (χ4n) is 1.54. The zero-order valence-corrected chi connectivity index (χ0v) is 9.55. The van der Waals surface area contributed by atoms with Crippen molar-refractivity contribution in [1.82, 2.24) is 4.90 Å². The van der Waals surface area contributed by atoms with Crippen LogP contribution in [-0.4, -0.2) is 54.7 Å². The minimum atomic E-state index is -0.472. The molecule has 2 N–H and O–H groups in total. The van der Waals surface area contributed by atoms with E-state index in [2.05, 4.69) is 6.92 Å². The van der Waals surface area contributed by atoms with Gasteiger partial charge in [-0.3, -0.25) is 4.79 Å². The van der Waals surface area contributed by atoms with E-state index in [0.717, 1.165) is 18.1 Å². The zero-order chi connectivity index (χ0) is 10.6. The lowest BCUT2D eigenvalue weighted by Crippen LogP contribution is -2.51. The van der Waals surface area contributed by atoms with Crippen LogP contribution >= 0.6 is 11.8 Å². The van der Waals surface area contributed by atoms with Crippen molar-refractivity contribution in [1.29, 1.82) is 0 Å². The quantitative estimate of drug-likeness (QED) is 0.720. The molecular formula is C9H18N2O2S. The van der Waals surface area contributed by atoms with Crippen molar-refractivity contribution in [3.05, 3.63) is 0 Å². The Morgan fingerprint density at radius 3 is 3.00 bits per heavy atom. The van der Waals surface area contributed by atoms with Gasteiger partial charge in [-0.05, 0) is 6.92 Å². The van der Waals surface area contributed by atoms with Crippen LogP contribution in [0.3, 0.4) is 0 Å². The topological polar surface area (TPSA) is 55.6 Å². The molecule has 2 unspecified atom stereocenters. The van der Waals surface area contributed by atoms with E-state index in [1.54, 1.807) is 0 Å². The van der Waals surface area contributed by atoms with Crippen LogP contribution < -0.4 is 5.73 Å². The van der Waals surface area contributed by atoms with Crippen molar-refractivity contribution in [2.45, 2.75) is 19.1 Å². The number of amides is 1. The van der Waals surface area contributed by atoms with Crippen LogP contribution in [0.25, 0.3) is 0 Å². The Balaban J connectivity index is 2.57. The van der Waals surface area contributed by atoms with E-state index < -0.39 is 6.10 Å². The highest BCUT2D eigenvalue weighted by Gasteiger charge is 2.28. The Kier molecular flexibility index (Phi) is 4.71. The van der Waals surface area contributed by atoms with E-state index in [9.17, 15) is 4.79 Å². The Bertz CT molecular complexity index is 197. The molecule has 1 saturated heterocycles. The summed E-state index contributed by atoms with van der Waals surface area (Å²) in [5, 5.41) is 0. The first-order chi connectivity index (χ1) is 6.70. The van der Waals surface area contributed by atoms with E-state index in [1.807, 2.05) is 16.7 Å². The third-order valence-corrected chi connectivity index (χ3v) is 3.61. The number of nitrogens with two attached hydrogens (primary N) is 1. The Labute approximate surface area is 89.2 Å². The maximum Gasteiger partial charge on any atom is 0.253 e. The monoisotopic (exact) mass is 218 g/mol. The van der Waals surface area contributed by atoms with Crippen LogP contribution in [-0.2, 0) is 9.53 Å². The molecule has 5 heteroatoms. The number of carbonyl (C=O) groups excluding carboxylic acids is 1. The average Bonchev–Trinajstić information content (AvgIpc) is 2.20. The largest absolute Gasteiger partial charge is 0.370 e. The third kappa shape index (κ3) is 2.62. The lowest BCUT2D eigenvalue weighted by molar-refractivity contribution is -0.142. The molecule has 0 spiro atoms. The molecule has 1 aliphatic rings. The standard InChI is InChI=1S/C9H18N2O2S/c1-7-6-14-4-3-11(7)9(12)8(5-10)13-2/h7-8H,3-6,10H2,1-2H3. The number of methoxy groups -OCH3 is 1. The van der Waals surface area contributed by atoms with Crippen LogP contribution in [0.5, 0.6) is 0 Å². The van der Waals surface area contributed by atoms with E-state index in [-0.39, 0.29) is 12.5 Å². The van der Waals surface area contributed by atoms with Gasteiger partial charge in [-0.2, -0.15) is 11.8 Å². The molecule has 14 heavy (non-hydrogen) atoms. The fraction of sp³-hybridized carbons (Fsp3) is 0.889. The second-order valence-electron chi connectivity index (χ2n) is 3.42. The molecule has 0 aromatic rings. The first-order valence-electron chi connectivity index (χ1n) is 4.81. The van der Waals surface area contributed by atoms with Gasteiger partial charge in [0, 0.05) is 37.7 Å². The van der Waals surface area contributed by atoms with Crippen LogP contribution in [0.15, 0.2) is 0 Å². The van der Waals surface area contributed by atoms with Gasteiger partial charge in [0.1, 0.15) is 6.10 Å². The molecule has 0 saturated carbocycles. The Morgan fingerprint density at radius 2 is 2.50 bits per heavy atom. The fourth-order valence-corrected chi connectivity index (χ4v) is 2.55. The smallest absolute Gasteiger partial charge is 0.253 e. The van der Waals surface area contributed by atoms with Gasteiger partial charge in [-0.25, -0.2) is 0 Å². The number of rotatable bonds is 3. The van der Waals surface area contributed by atoms with E-state index in [4.69, 9.17) is 10.5 Å². The maximum absolute atomic E-state index is 11.9. The molecular weight excluding hydrogens is 200 g/mol. The van der Waals surface area contributed by atoms with Gasteiger partial charge in [0.05, 0.1) is 0 Å². The number of hydrogen-bond acceptors (Lipinski definition) is 4. The average molecular weight is 218 g/mol. The summed E-state index contributed by atoms with van der Waals surface area (Å²) in [4.78, 5) is 13.8. The molecule has 82 valence electrons. The number of thioether (sulfide) groups is 1. The highest BCUT2D eigenvalue weighted by Crippen LogP contribution is 2.17. The zero-order valence-electron chi connectivity index (χ0n) is 8.73. The molecule has 1 aliphatic heterocycles. The molecule has 2 atom stereocenters. The van der Waals surface area contributed by atoms with Crippen molar-refractivity contribution in [3.8, 4) is 0 Å². The number of nitrogens with zero attached hydrogens (tertiary/aromatic N) is 1. The van der Waals surface area contributed by atoms with E-state index in [1.165, 1.54) is 7.11 Å². The summed E-state index contributed by atoms with van der Waals surface area (Å²) in [6, 6.07) is 0.297. The second kappa shape index (κ2) is 5.58. The van der Waals surface area contributed by atoms with Crippen molar-refractivity contribution >= 4 is 17.7 Å². The van der Waals surface area contributed by atoms with Gasteiger partial charge in [0.2, 0.25) is 0 Å². The lowest BCUT2D eigenvalue weighted by atomic mass is 10.2. The Morgan fingerprint density at radius 1 is 1.79 bits per heavy atom. The van der Waals surface area contributed by atoms with Gasteiger partial charge in [0.15, 0.2) is 0 Å². The third-order valence-electron chi connectivity index (χ3n) is 2.42. The number of hydrogen-bond donors (Lipinski definition) is 1.